The number of aromatic nitrogens is 2. The summed E-state index contributed by atoms with van der Waals surface area (Å²) in [5.74, 6) is 0.215. The summed E-state index contributed by atoms with van der Waals surface area (Å²) in [6, 6.07) is 11.5. The number of rotatable bonds is 5. The highest BCUT2D eigenvalue weighted by atomic mass is 35.5. The Morgan fingerprint density at radius 2 is 1.91 bits per heavy atom. The number of amides is 1. The first-order valence-corrected chi connectivity index (χ1v) is 12.4. The van der Waals surface area contributed by atoms with Crippen LogP contribution in [-0.4, -0.2) is 30.1 Å². The van der Waals surface area contributed by atoms with Gasteiger partial charge in [-0.25, -0.2) is 13.1 Å². The number of benzene rings is 2. The van der Waals surface area contributed by atoms with Gasteiger partial charge in [0.05, 0.1) is 6.04 Å². The number of halogens is 1. The Kier molecular flexibility index (Phi) is 5.97. The smallest absolute Gasteiger partial charge is 0.270 e. The van der Waals surface area contributed by atoms with Crippen molar-refractivity contribution in [1.82, 2.24) is 14.9 Å². The molecule has 0 fully saturated rings. The second-order valence-corrected chi connectivity index (χ2v) is 11.4. The lowest BCUT2D eigenvalue weighted by atomic mass is 9.90. The highest BCUT2D eigenvalue weighted by Crippen LogP contribution is 2.40. The molecule has 1 aromatic heterocycles. The molecule has 168 valence electrons. The molecule has 0 spiro atoms. The summed E-state index contributed by atoms with van der Waals surface area (Å²) < 4.78 is 34.6. The lowest BCUT2D eigenvalue weighted by Crippen LogP contribution is -2.41. The zero-order valence-corrected chi connectivity index (χ0v) is 19.9. The summed E-state index contributed by atoms with van der Waals surface area (Å²) >= 11 is 6.61. The molecule has 0 saturated carbocycles. The van der Waals surface area contributed by atoms with Gasteiger partial charge in [0, 0.05) is 22.6 Å². The molecule has 11 heteroatoms. The van der Waals surface area contributed by atoms with Gasteiger partial charge in [-0.1, -0.05) is 35.1 Å². The monoisotopic (exact) mass is 492 g/mol. The van der Waals surface area contributed by atoms with Crippen LogP contribution < -0.4 is 14.8 Å². The minimum Gasteiger partial charge on any atom is -0.487 e. The number of aryl methyl sites for hydroxylation is 1. The molecule has 32 heavy (non-hydrogen) atoms. The first-order valence-electron chi connectivity index (χ1n) is 9.75. The van der Waals surface area contributed by atoms with Crippen LogP contribution in [-0.2, 0) is 10.0 Å². The summed E-state index contributed by atoms with van der Waals surface area (Å²) in [7, 11) is -3.98. The van der Waals surface area contributed by atoms with E-state index in [2.05, 4.69) is 20.2 Å². The minimum absolute atomic E-state index is 0.0775. The fraction of sp³-hybridized carbons (Fsp3) is 0.286. The van der Waals surface area contributed by atoms with Gasteiger partial charge in [0.25, 0.3) is 15.9 Å². The molecular formula is C21H21ClN4O4S2. The van der Waals surface area contributed by atoms with E-state index in [0.717, 1.165) is 22.5 Å². The normalized spacial score (nSPS) is 17.3. The van der Waals surface area contributed by atoms with Crippen molar-refractivity contribution in [3.8, 4) is 5.75 Å². The van der Waals surface area contributed by atoms with Gasteiger partial charge < -0.3 is 4.74 Å². The topological polar surface area (TPSA) is 110 Å². The minimum atomic E-state index is -3.98. The first-order chi connectivity index (χ1) is 15.0. The van der Waals surface area contributed by atoms with Crippen LogP contribution in [0, 0.1) is 6.92 Å². The molecule has 1 aliphatic rings. The molecule has 0 bridgehead atoms. The molecule has 1 amide bonds. The zero-order chi connectivity index (χ0) is 23.1. The molecule has 1 unspecified atom stereocenters. The van der Waals surface area contributed by atoms with E-state index in [4.69, 9.17) is 16.3 Å². The summed E-state index contributed by atoms with van der Waals surface area (Å²) in [6.07, 6.45) is 0.446. The number of fused-ring (bicyclic) bond motifs is 1. The third kappa shape index (κ3) is 4.93. The molecule has 0 saturated heterocycles. The van der Waals surface area contributed by atoms with E-state index in [-0.39, 0.29) is 9.47 Å². The average Bonchev–Trinajstić information content (AvgIpc) is 3.16. The molecule has 2 N–H and O–H groups in total. The zero-order valence-electron chi connectivity index (χ0n) is 17.5. The van der Waals surface area contributed by atoms with Crippen molar-refractivity contribution >= 4 is 44.0 Å². The van der Waals surface area contributed by atoms with Crippen molar-refractivity contribution in [3.63, 3.8) is 0 Å². The van der Waals surface area contributed by atoms with E-state index in [1.807, 2.05) is 39.0 Å². The van der Waals surface area contributed by atoms with E-state index in [0.29, 0.717) is 22.8 Å². The van der Waals surface area contributed by atoms with Crippen molar-refractivity contribution < 1.29 is 17.9 Å². The Labute approximate surface area is 195 Å². The van der Waals surface area contributed by atoms with Gasteiger partial charge in [-0.2, -0.15) is 0 Å². The first kappa shape index (κ1) is 22.7. The van der Waals surface area contributed by atoms with Crippen molar-refractivity contribution in [2.45, 2.75) is 43.2 Å². The molecule has 8 nitrogen and oxygen atoms in total. The molecule has 1 aliphatic heterocycles. The SMILES string of the molecule is Cc1ccc2c(c1)OC(C)(C)CC2NS(=O)(=O)c1nnc(NC(=O)c2ccc(Cl)cc2)s1. The molecule has 2 aromatic carbocycles. The van der Waals surface area contributed by atoms with Crippen molar-refractivity contribution in [2.75, 3.05) is 5.32 Å². The maximum Gasteiger partial charge on any atom is 0.270 e. The second-order valence-electron chi connectivity index (χ2n) is 8.12. The average molecular weight is 493 g/mol. The van der Waals surface area contributed by atoms with Gasteiger partial charge in [0.2, 0.25) is 9.47 Å². The van der Waals surface area contributed by atoms with Crippen molar-refractivity contribution in [3.05, 3.63) is 64.2 Å². The Hall–Kier alpha value is -2.53. The van der Waals surface area contributed by atoms with Crippen LogP contribution in [0.25, 0.3) is 0 Å². The Bertz CT molecular complexity index is 1270. The Morgan fingerprint density at radius 3 is 2.62 bits per heavy atom. The number of ether oxygens (including phenoxy) is 1. The summed E-state index contributed by atoms with van der Waals surface area (Å²) in [6.45, 7) is 5.77. The van der Waals surface area contributed by atoms with Gasteiger partial charge in [-0.15, -0.1) is 10.2 Å². The Morgan fingerprint density at radius 1 is 1.19 bits per heavy atom. The number of hydrogen-bond acceptors (Lipinski definition) is 7. The molecular weight excluding hydrogens is 472 g/mol. The number of nitrogens with one attached hydrogen (secondary N) is 2. The molecule has 2 heterocycles. The highest BCUT2D eigenvalue weighted by Gasteiger charge is 2.37. The van der Waals surface area contributed by atoms with Crippen LogP contribution in [0.4, 0.5) is 5.13 Å². The largest absolute Gasteiger partial charge is 0.487 e. The van der Waals surface area contributed by atoms with E-state index < -0.39 is 27.6 Å². The van der Waals surface area contributed by atoms with Crippen molar-refractivity contribution in [2.24, 2.45) is 0 Å². The lowest BCUT2D eigenvalue weighted by Gasteiger charge is -2.37. The van der Waals surface area contributed by atoms with Crippen LogP contribution >= 0.6 is 22.9 Å². The summed E-state index contributed by atoms with van der Waals surface area (Å²) in [4.78, 5) is 12.3. The standard InChI is InChI=1S/C21H21ClN4O4S2/c1-12-4-9-15-16(11-21(2,3)30-17(15)10-12)26-32(28,29)20-25-24-19(31-20)23-18(27)13-5-7-14(22)8-6-13/h4-10,16,26H,11H2,1-3H3,(H,23,24,27). The number of anilines is 1. The van der Waals surface area contributed by atoms with Crippen LogP contribution in [0.5, 0.6) is 5.75 Å². The van der Waals surface area contributed by atoms with Gasteiger partial charge in [-0.3, -0.25) is 10.1 Å². The van der Waals surface area contributed by atoms with E-state index in [1.165, 1.54) is 0 Å². The number of hydrogen-bond donors (Lipinski definition) is 2. The van der Waals surface area contributed by atoms with E-state index in [9.17, 15) is 13.2 Å². The van der Waals surface area contributed by atoms with Crippen LogP contribution in [0.1, 0.15) is 47.8 Å². The second kappa shape index (κ2) is 8.43. The van der Waals surface area contributed by atoms with Gasteiger partial charge >= 0.3 is 0 Å². The number of sulfonamides is 1. The highest BCUT2D eigenvalue weighted by molar-refractivity contribution is 7.91. The number of carbonyl (C=O) groups excluding carboxylic acids is 1. The maximum absolute atomic E-state index is 13.0. The van der Waals surface area contributed by atoms with Gasteiger partial charge in [0.15, 0.2) is 0 Å². The predicted octanol–water partition coefficient (Wildman–Crippen LogP) is 4.33. The predicted molar refractivity (Wildman–Crippen MR) is 123 cm³/mol. The maximum atomic E-state index is 13.0. The molecule has 1 atom stereocenters. The molecule has 0 radical (unpaired) electrons. The third-order valence-corrected chi connectivity index (χ3v) is 7.82. The molecule has 0 aliphatic carbocycles. The molecule has 3 aromatic rings. The third-order valence-electron chi connectivity index (χ3n) is 4.89. The Balaban J connectivity index is 1.53. The lowest BCUT2D eigenvalue weighted by molar-refractivity contribution is 0.0701. The van der Waals surface area contributed by atoms with Gasteiger partial charge in [-0.05, 0) is 56.7 Å². The summed E-state index contributed by atoms with van der Waals surface area (Å²) in [5, 5.41) is 10.7. The summed E-state index contributed by atoms with van der Waals surface area (Å²) in [5.41, 5.74) is 1.60. The quantitative estimate of drug-likeness (QED) is 0.513. The van der Waals surface area contributed by atoms with Gasteiger partial charge in [0.1, 0.15) is 11.4 Å². The van der Waals surface area contributed by atoms with Crippen LogP contribution in [0.15, 0.2) is 46.8 Å². The number of nitrogens with zero attached hydrogens (tertiary/aromatic N) is 2. The van der Waals surface area contributed by atoms with E-state index >= 15 is 0 Å². The van der Waals surface area contributed by atoms with Crippen LogP contribution in [0.2, 0.25) is 5.02 Å². The van der Waals surface area contributed by atoms with Crippen LogP contribution in [0.3, 0.4) is 0 Å². The molecule has 4 rings (SSSR count). The number of carbonyl (C=O) groups is 1. The van der Waals surface area contributed by atoms with E-state index in [1.54, 1.807) is 24.3 Å². The fourth-order valence-corrected chi connectivity index (χ4v) is 5.69. The fourth-order valence-electron chi connectivity index (χ4n) is 3.44. The van der Waals surface area contributed by atoms with Crippen molar-refractivity contribution in [1.29, 1.82) is 0 Å².